The minimum atomic E-state index is 0.0459. The lowest BCUT2D eigenvalue weighted by atomic mass is 9.68. The monoisotopic (exact) mass is 233 g/mol. The van der Waals surface area contributed by atoms with Gasteiger partial charge in [-0.2, -0.15) is 0 Å². The van der Waals surface area contributed by atoms with Crippen LogP contribution < -0.4 is 5.32 Å². The van der Waals surface area contributed by atoms with Gasteiger partial charge in [0.05, 0.1) is 0 Å². The number of fused-ring (bicyclic) bond motifs is 1. The Morgan fingerprint density at radius 3 is 2.76 bits per heavy atom. The van der Waals surface area contributed by atoms with E-state index >= 15 is 0 Å². The number of allylic oxidation sites excluding steroid dienone is 2. The molecule has 0 amide bonds. The average molecular weight is 233 g/mol. The van der Waals surface area contributed by atoms with Gasteiger partial charge in [0.15, 0.2) is 5.78 Å². The molecule has 0 saturated heterocycles. The van der Waals surface area contributed by atoms with Crippen molar-refractivity contribution in [3.8, 4) is 0 Å². The van der Waals surface area contributed by atoms with Crippen molar-refractivity contribution in [1.29, 1.82) is 0 Å². The maximum Gasteiger partial charge on any atom is 0.160 e. The first kappa shape index (κ1) is 11.0. The zero-order valence-electron chi connectivity index (χ0n) is 10.3. The molecule has 1 saturated carbocycles. The van der Waals surface area contributed by atoms with E-state index in [1.807, 2.05) is 0 Å². The van der Waals surface area contributed by atoms with Crippen LogP contribution in [-0.2, 0) is 9.59 Å². The van der Waals surface area contributed by atoms with Crippen LogP contribution in [0.1, 0.15) is 45.4 Å². The van der Waals surface area contributed by atoms with E-state index in [0.717, 1.165) is 37.0 Å². The second-order valence-electron chi connectivity index (χ2n) is 5.59. The number of hydrogen-bond acceptors (Lipinski definition) is 3. The van der Waals surface area contributed by atoms with Crippen molar-refractivity contribution in [2.45, 2.75) is 51.5 Å². The predicted octanol–water partition coefficient (Wildman–Crippen LogP) is 1.97. The molecule has 3 aliphatic rings. The van der Waals surface area contributed by atoms with E-state index in [9.17, 15) is 9.59 Å². The van der Waals surface area contributed by atoms with Crippen LogP contribution in [0.4, 0.5) is 0 Å². The van der Waals surface area contributed by atoms with Gasteiger partial charge in [-0.15, -0.1) is 0 Å². The second-order valence-corrected chi connectivity index (χ2v) is 5.59. The Morgan fingerprint density at radius 2 is 1.94 bits per heavy atom. The smallest absolute Gasteiger partial charge is 0.160 e. The molecule has 1 N–H and O–H groups in total. The first-order valence-electron chi connectivity index (χ1n) is 6.74. The lowest BCUT2D eigenvalue weighted by molar-refractivity contribution is -0.127. The Balaban J connectivity index is 1.99. The summed E-state index contributed by atoms with van der Waals surface area (Å²) >= 11 is 0. The lowest BCUT2D eigenvalue weighted by Crippen LogP contribution is -2.51. The van der Waals surface area contributed by atoms with Crippen molar-refractivity contribution in [1.82, 2.24) is 5.32 Å². The fourth-order valence-corrected chi connectivity index (χ4v) is 3.80. The summed E-state index contributed by atoms with van der Waals surface area (Å²) in [7, 11) is 0. The van der Waals surface area contributed by atoms with E-state index in [0.29, 0.717) is 18.6 Å². The Morgan fingerprint density at radius 1 is 1.12 bits per heavy atom. The molecule has 17 heavy (non-hydrogen) atoms. The standard InChI is InChI=1S/C14H19NO2/c1-8-13-9(4-2-6-11(13)16)15-10-5-3-7-12(17)14(8)10/h8-9,13,15H,2-7H2,1H3. The molecule has 2 aliphatic carbocycles. The van der Waals surface area contributed by atoms with Crippen LogP contribution >= 0.6 is 0 Å². The summed E-state index contributed by atoms with van der Waals surface area (Å²) in [5.74, 6) is 0.802. The number of nitrogens with one attached hydrogen (secondary N) is 1. The lowest BCUT2D eigenvalue weighted by Gasteiger charge is -2.43. The van der Waals surface area contributed by atoms with Gasteiger partial charge >= 0.3 is 0 Å². The number of Topliss-reactive ketones (excluding diaryl/α,β-unsaturated/α-hetero) is 2. The summed E-state index contributed by atoms with van der Waals surface area (Å²) in [5, 5.41) is 3.49. The van der Waals surface area contributed by atoms with Gasteiger partial charge in [0.1, 0.15) is 5.78 Å². The molecule has 0 aromatic heterocycles. The second kappa shape index (κ2) is 3.97. The Labute approximate surface area is 102 Å². The van der Waals surface area contributed by atoms with Crippen LogP contribution in [0, 0.1) is 11.8 Å². The number of carbonyl (C=O) groups is 2. The summed E-state index contributed by atoms with van der Waals surface area (Å²) in [5.41, 5.74) is 2.08. The maximum atomic E-state index is 12.0. The quantitative estimate of drug-likeness (QED) is 0.696. The van der Waals surface area contributed by atoms with Crippen LogP contribution in [0.5, 0.6) is 0 Å². The van der Waals surface area contributed by atoms with Crippen LogP contribution in [0.2, 0.25) is 0 Å². The first-order chi connectivity index (χ1) is 8.18. The van der Waals surface area contributed by atoms with Crippen molar-refractivity contribution in [2.24, 2.45) is 11.8 Å². The minimum absolute atomic E-state index is 0.0459. The summed E-state index contributed by atoms with van der Waals surface area (Å²) in [6, 6.07) is 0.288. The molecule has 1 fully saturated rings. The topological polar surface area (TPSA) is 46.2 Å². The fourth-order valence-electron chi connectivity index (χ4n) is 3.80. The number of rotatable bonds is 0. The molecular weight excluding hydrogens is 214 g/mol. The molecule has 0 aromatic carbocycles. The van der Waals surface area contributed by atoms with Gasteiger partial charge in [-0.25, -0.2) is 0 Å². The van der Waals surface area contributed by atoms with Crippen LogP contribution in [0.15, 0.2) is 11.3 Å². The number of carbonyl (C=O) groups excluding carboxylic acids is 2. The van der Waals surface area contributed by atoms with Crippen molar-refractivity contribution in [2.75, 3.05) is 0 Å². The normalized spacial score (nSPS) is 37.4. The Hall–Kier alpha value is -1.12. The third-order valence-corrected chi connectivity index (χ3v) is 4.55. The summed E-state index contributed by atoms with van der Waals surface area (Å²) < 4.78 is 0. The number of ketones is 2. The zero-order valence-corrected chi connectivity index (χ0v) is 10.3. The van der Waals surface area contributed by atoms with Gasteiger partial charge in [-0.1, -0.05) is 6.92 Å². The molecule has 0 radical (unpaired) electrons. The highest BCUT2D eigenvalue weighted by molar-refractivity contribution is 5.99. The highest BCUT2D eigenvalue weighted by Crippen LogP contribution is 2.40. The Bertz CT molecular complexity index is 410. The van der Waals surface area contributed by atoms with Gasteiger partial charge in [0, 0.05) is 36.1 Å². The summed E-state index contributed by atoms with van der Waals surface area (Å²) in [4.78, 5) is 24.1. The average Bonchev–Trinajstić information content (AvgIpc) is 2.28. The third-order valence-electron chi connectivity index (χ3n) is 4.55. The molecule has 1 heterocycles. The molecule has 0 bridgehead atoms. The van der Waals surface area contributed by atoms with Gasteiger partial charge in [-0.3, -0.25) is 9.59 Å². The van der Waals surface area contributed by atoms with E-state index < -0.39 is 0 Å². The molecular formula is C14H19NO2. The molecule has 3 atom stereocenters. The van der Waals surface area contributed by atoms with Crippen molar-refractivity contribution >= 4 is 11.6 Å². The van der Waals surface area contributed by atoms with Gasteiger partial charge in [0.2, 0.25) is 0 Å². The van der Waals surface area contributed by atoms with E-state index in [1.165, 1.54) is 0 Å². The summed E-state index contributed by atoms with van der Waals surface area (Å²) in [6.45, 7) is 2.07. The molecule has 0 aromatic rings. The van der Waals surface area contributed by atoms with Gasteiger partial charge < -0.3 is 5.32 Å². The zero-order chi connectivity index (χ0) is 12.0. The van der Waals surface area contributed by atoms with Gasteiger partial charge in [-0.05, 0) is 31.6 Å². The molecule has 1 aliphatic heterocycles. The maximum absolute atomic E-state index is 12.0. The Kier molecular flexibility index (Phi) is 2.57. The van der Waals surface area contributed by atoms with Crippen molar-refractivity contribution in [3.05, 3.63) is 11.3 Å². The molecule has 3 heteroatoms. The SMILES string of the molecule is CC1C2=C(CCCC2=O)NC2CCCC(=O)C21. The van der Waals surface area contributed by atoms with Crippen molar-refractivity contribution < 1.29 is 9.59 Å². The molecule has 0 spiro atoms. The van der Waals surface area contributed by atoms with Crippen molar-refractivity contribution in [3.63, 3.8) is 0 Å². The third kappa shape index (κ3) is 1.63. The highest BCUT2D eigenvalue weighted by Gasteiger charge is 2.43. The molecule has 92 valence electrons. The van der Waals surface area contributed by atoms with Crippen LogP contribution in [0.25, 0.3) is 0 Å². The molecule has 3 nitrogen and oxygen atoms in total. The summed E-state index contributed by atoms with van der Waals surface area (Å²) in [6.07, 6.45) is 5.38. The van der Waals surface area contributed by atoms with E-state index in [4.69, 9.17) is 0 Å². The fraction of sp³-hybridized carbons (Fsp3) is 0.714. The predicted molar refractivity (Wildman–Crippen MR) is 64.3 cm³/mol. The molecule has 3 rings (SSSR count). The van der Waals surface area contributed by atoms with Crippen LogP contribution in [-0.4, -0.2) is 17.6 Å². The largest absolute Gasteiger partial charge is 0.385 e. The first-order valence-corrected chi connectivity index (χ1v) is 6.74. The highest BCUT2D eigenvalue weighted by atomic mass is 16.1. The minimum Gasteiger partial charge on any atom is -0.385 e. The van der Waals surface area contributed by atoms with E-state index in [2.05, 4.69) is 12.2 Å². The van der Waals surface area contributed by atoms with Gasteiger partial charge in [0.25, 0.3) is 0 Å². The molecule has 3 unspecified atom stereocenters. The van der Waals surface area contributed by atoms with E-state index in [1.54, 1.807) is 0 Å². The number of hydrogen-bond donors (Lipinski definition) is 1. The van der Waals surface area contributed by atoms with E-state index in [-0.39, 0.29) is 23.7 Å². The van der Waals surface area contributed by atoms with Crippen LogP contribution in [0.3, 0.4) is 0 Å².